The standard InChI is InChI=1S/C9H15N3/c1-3-7-12(2)8-9-10-5-4-6-11-9/h4-6H,3,7-8H2,1-2H3. The molecule has 1 rings (SSSR count). The van der Waals surface area contributed by atoms with E-state index >= 15 is 0 Å². The van der Waals surface area contributed by atoms with Crippen LogP contribution in [0.3, 0.4) is 0 Å². The normalized spacial score (nSPS) is 10.6. The molecule has 0 bridgehead atoms. The van der Waals surface area contributed by atoms with Gasteiger partial charge in [-0.05, 0) is 26.1 Å². The zero-order valence-corrected chi connectivity index (χ0v) is 7.70. The molecule has 0 aliphatic heterocycles. The monoisotopic (exact) mass is 165 g/mol. The van der Waals surface area contributed by atoms with E-state index in [2.05, 4.69) is 28.8 Å². The molecule has 0 atom stereocenters. The molecule has 0 aromatic carbocycles. The van der Waals surface area contributed by atoms with E-state index in [1.54, 1.807) is 12.4 Å². The van der Waals surface area contributed by atoms with Crippen molar-refractivity contribution >= 4 is 0 Å². The number of hydrogen-bond donors (Lipinski definition) is 0. The summed E-state index contributed by atoms with van der Waals surface area (Å²) in [5, 5.41) is 0. The number of aromatic nitrogens is 2. The van der Waals surface area contributed by atoms with Gasteiger partial charge in [0.25, 0.3) is 0 Å². The van der Waals surface area contributed by atoms with Crippen molar-refractivity contribution in [2.75, 3.05) is 13.6 Å². The van der Waals surface area contributed by atoms with Crippen molar-refractivity contribution in [2.45, 2.75) is 19.9 Å². The van der Waals surface area contributed by atoms with Gasteiger partial charge in [-0.15, -0.1) is 0 Å². The van der Waals surface area contributed by atoms with Crippen LogP contribution in [0.4, 0.5) is 0 Å². The van der Waals surface area contributed by atoms with Gasteiger partial charge in [-0.2, -0.15) is 0 Å². The van der Waals surface area contributed by atoms with Crippen molar-refractivity contribution in [2.24, 2.45) is 0 Å². The first-order valence-corrected chi connectivity index (χ1v) is 4.27. The summed E-state index contributed by atoms with van der Waals surface area (Å²) in [6, 6.07) is 1.84. The summed E-state index contributed by atoms with van der Waals surface area (Å²) in [5.74, 6) is 0.897. The van der Waals surface area contributed by atoms with E-state index in [1.165, 1.54) is 6.42 Å². The summed E-state index contributed by atoms with van der Waals surface area (Å²) in [5.41, 5.74) is 0. The van der Waals surface area contributed by atoms with Gasteiger partial charge in [-0.1, -0.05) is 6.92 Å². The minimum Gasteiger partial charge on any atom is -0.299 e. The summed E-state index contributed by atoms with van der Waals surface area (Å²) in [7, 11) is 2.08. The summed E-state index contributed by atoms with van der Waals surface area (Å²) in [6.07, 6.45) is 4.73. The third-order valence-electron chi connectivity index (χ3n) is 1.64. The van der Waals surface area contributed by atoms with E-state index in [9.17, 15) is 0 Å². The van der Waals surface area contributed by atoms with Crippen LogP contribution in [0.1, 0.15) is 19.2 Å². The molecule has 0 N–H and O–H groups in total. The lowest BCUT2D eigenvalue weighted by Gasteiger charge is -2.13. The molecule has 1 aromatic rings. The van der Waals surface area contributed by atoms with Crippen LogP contribution in [0, 0.1) is 0 Å². The van der Waals surface area contributed by atoms with Crippen LogP contribution in [0.25, 0.3) is 0 Å². The molecule has 66 valence electrons. The molecule has 0 aliphatic rings. The molecule has 3 nitrogen and oxygen atoms in total. The van der Waals surface area contributed by atoms with E-state index in [-0.39, 0.29) is 0 Å². The zero-order chi connectivity index (χ0) is 8.81. The molecule has 12 heavy (non-hydrogen) atoms. The lowest BCUT2D eigenvalue weighted by molar-refractivity contribution is 0.319. The molecule has 0 spiro atoms. The maximum atomic E-state index is 4.15. The van der Waals surface area contributed by atoms with Gasteiger partial charge < -0.3 is 0 Å². The molecule has 1 aromatic heterocycles. The Morgan fingerprint density at radius 2 is 2.00 bits per heavy atom. The Morgan fingerprint density at radius 1 is 1.33 bits per heavy atom. The minimum atomic E-state index is 0.842. The molecule has 0 saturated heterocycles. The quantitative estimate of drug-likeness (QED) is 0.673. The van der Waals surface area contributed by atoms with Crippen LogP contribution < -0.4 is 0 Å². The highest BCUT2D eigenvalue weighted by Gasteiger charge is 1.99. The molecule has 0 amide bonds. The van der Waals surface area contributed by atoms with Crippen LogP contribution >= 0.6 is 0 Å². The highest BCUT2D eigenvalue weighted by Crippen LogP contribution is 1.94. The van der Waals surface area contributed by atoms with Crippen molar-refractivity contribution in [1.29, 1.82) is 0 Å². The maximum Gasteiger partial charge on any atom is 0.142 e. The van der Waals surface area contributed by atoms with Gasteiger partial charge in [0.05, 0.1) is 6.54 Å². The first-order valence-electron chi connectivity index (χ1n) is 4.27. The van der Waals surface area contributed by atoms with Gasteiger partial charge in [0.2, 0.25) is 0 Å². The second-order valence-electron chi connectivity index (χ2n) is 2.90. The molecule has 0 saturated carbocycles. The first kappa shape index (κ1) is 9.13. The average molecular weight is 165 g/mol. The van der Waals surface area contributed by atoms with Gasteiger partial charge >= 0.3 is 0 Å². The van der Waals surface area contributed by atoms with E-state index in [4.69, 9.17) is 0 Å². The van der Waals surface area contributed by atoms with E-state index in [0.717, 1.165) is 18.9 Å². The third-order valence-corrected chi connectivity index (χ3v) is 1.64. The smallest absolute Gasteiger partial charge is 0.142 e. The number of rotatable bonds is 4. The summed E-state index contributed by atoms with van der Waals surface area (Å²) in [4.78, 5) is 10.5. The minimum absolute atomic E-state index is 0.842. The van der Waals surface area contributed by atoms with E-state index in [1.807, 2.05) is 6.07 Å². The predicted molar refractivity (Wildman–Crippen MR) is 48.7 cm³/mol. The fourth-order valence-corrected chi connectivity index (χ4v) is 1.11. The van der Waals surface area contributed by atoms with E-state index in [0.29, 0.717) is 0 Å². The van der Waals surface area contributed by atoms with Gasteiger partial charge in [0, 0.05) is 12.4 Å². The van der Waals surface area contributed by atoms with Crippen molar-refractivity contribution in [3.8, 4) is 0 Å². The Balaban J connectivity index is 2.41. The van der Waals surface area contributed by atoms with Crippen LogP contribution in [-0.4, -0.2) is 28.5 Å². The topological polar surface area (TPSA) is 29.0 Å². The Hall–Kier alpha value is -0.960. The molecule has 0 fully saturated rings. The molecule has 1 heterocycles. The van der Waals surface area contributed by atoms with Gasteiger partial charge in [-0.3, -0.25) is 4.90 Å². The van der Waals surface area contributed by atoms with Crippen LogP contribution in [0.2, 0.25) is 0 Å². The largest absolute Gasteiger partial charge is 0.299 e. The highest BCUT2D eigenvalue weighted by molar-refractivity contribution is 4.87. The lowest BCUT2D eigenvalue weighted by atomic mass is 10.4. The summed E-state index contributed by atoms with van der Waals surface area (Å²) in [6.45, 7) is 4.11. The average Bonchev–Trinajstić information content (AvgIpc) is 2.06. The van der Waals surface area contributed by atoms with Crippen molar-refractivity contribution in [3.05, 3.63) is 24.3 Å². The van der Waals surface area contributed by atoms with Gasteiger partial charge in [0.15, 0.2) is 0 Å². The molecule has 0 aliphatic carbocycles. The predicted octanol–water partition coefficient (Wildman–Crippen LogP) is 1.32. The Morgan fingerprint density at radius 3 is 2.58 bits per heavy atom. The molecule has 3 heteroatoms. The lowest BCUT2D eigenvalue weighted by Crippen LogP contribution is -2.19. The van der Waals surface area contributed by atoms with Crippen LogP contribution in [-0.2, 0) is 6.54 Å². The second-order valence-corrected chi connectivity index (χ2v) is 2.90. The Bertz CT molecular complexity index is 210. The molecule has 0 radical (unpaired) electrons. The molecular weight excluding hydrogens is 150 g/mol. The van der Waals surface area contributed by atoms with Crippen LogP contribution in [0.15, 0.2) is 18.5 Å². The van der Waals surface area contributed by atoms with Crippen molar-refractivity contribution in [3.63, 3.8) is 0 Å². The third kappa shape index (κ3) is 2.96. The number of hydrogen-bond acceptors (Lipinski definition) is 3. The van der Waals surface area contributed by atoms with Gasteiger partial charge in [-0.25, -0.2) is 9.97 Å². The fraction of sp³-hybridized carbons (Fsp3) is 0.556. The molecular formula is C9H15N3. The molecule has 0 unspecified atom stereocenters. The zero-order valence-electron chi connectivity index (χ0n) is 7.70. The summed E-state index contributed by atoms with van der Waals surface area (Å²) < 4.78 is 0. The fourth-order valence-electron chi connectivity index (χ4n) is 1.11. The van der Waals surface area contributed by atoms with Crippen molar-refractivity contribution in [1.82, 2.24) is 14.9 Å². The second kappa shape index (κ2) is 4.83. The first-order chi connectivity index (χ1) is 5.83. The Labute approximate surface area is 73.5 Å². The maximum absolute atomic E-state index is 4.15. The van der Waals surface area contributed by atoms with Crippen molar-refractivity contribution < 1.29 is 0 Å². The van der Waals surface area contributed by atoms with Crippen LogP contribution in [0.5, 0.6) is 0 Å². The van der Waals surface area contributed by atoms with Gasteiger partial charge in [0.1, 0.15) is 5.82 Å². The highest BCUT2D eigenvalue weighted by atomic mass is 15.1. The van der Waals surface area contributed by atoms with E-state index < -0.39 is 0 Å². The SMILES string of the molecule is CCCN(C)Cc1ncccn1. The Kier molecular flexibility index (Phi) is 3.67. The number of nitrogens with zero attached hydrogens (tertiary/aromatic N) is 3. The summed E-state index contributed by atoms with van der Waals surface area (Å²) >= 11 is 0.